The maximum atomic E-state index is 13.3. The van der Waals surface area contributed by atoms with E-state index >= 15 is 0 Å². The third-order valence-corrected chi connectivity index (χ3v) is 5.61. The smallest absolute Gasteiger partial charge is 0.274 e. The zero-order valence-electron chi connectivity index (χ0n) is 15.5. The molecule has 0 saturated carbocycles. The molecule has 2 atom stereocenters. The number of amides is 1. The highest BCUT2D eigenvalue weighted by molar-refractivity contribution is 5.94. The summed E-state index contributed by atoms with van der Waals surface area (Å²) in [6, 6.07) is 6.36. The van der Waals surface area contributed by atoms with Gasteiger partial charge in [0.25, 0.3) is 5.91 Å². The largest absolute Gasteiger partial charge is 0.337 e. The Morgan fingerprint density at radius 2 is 1.73 bits per heavy atom. The van der Waals surface area contributed by atoms with Crippen LogP contribution in [-0.4, -0.2) is 33.7 Å². The molecule has 2 unspecified atom stereocenters. The van der Waals surface area contributed by atoms with E-state index in [9.17, 15) is 9.18 Å². The monoisotopic (exact) mass is 355 g/mol. The van der Waals surface area contributed by atoms with Crippen LogP contribution >= 0.6 is 0 Å². The Morgan fingerprint density at radius 3 is 2.42 bits per heavy atom. The molecule has 1 amide bonds. The Kier molecular flexibility index (Phi) is 4.55. The number of hydrogen-bond acceptors (Lipinski definition) is 2. The number of likely N-dealkylation sites (tertiary alicyclic amines) is 1. The molecule has 1 aliphatic carbocycles. The molecular weight excluding hydrogens is 329 g/mol. The van der Waals surface area contributed by atoms with Crippen LogP contribution in [0.4, 0.5) is 4.39 Å². The zero-order valence-corrected chi connectivity index (χ0v) is 15.5. The summed E-state index contributed by atoms with van der Waals surface area (Å²) in [4.78, 5) is 15.2. The van der Waals surface area contributed by atoms with Gasteiger partial charge in [-0.05, 0) is 68.2 Å². The fraction of sp³-hybridized carbons (Fsp3) is 0.524. The minimum absolute atomic E-state index is 0.0578. The molecule has 2 heterocycles. The average Bonchev–Trinajstić information content (AvgIpc) is 3.01. The van der Waals surface area contributed by atoms with E-state index in [1.165, 1.54) is 18.6 Å². The summed E-state index contributed by atoms with van der Waals surface area (Å²) in [5.74, 6) is 0.847. The number of hydrogen-bond donors (Lipinski definition) is 0. The molecule has 26 heavy (non-hydrogen) atoms. The van der Waals surface area contributed by atoms with E-state index in [4.69, 9.17) is 5.10 Å². The average molecular weight is 355 g/mol. The van der Waals surface area contributed by atoms with Crippen molar-refractivity contribution < 1.29 is 9.18 Å². The highest BCUT2D eigenvalue weighted by Gasteiger charge is 2.31. The molecular formula is C21H26FN3O. The highest BCUT2D eigenvalue weighted by Crippen LogP contribution is 2.29. The minimum Gasteiger partial charge on any atom is -0.337 e. The van der Waals surface area contributed by atoms with Gasteiger partial charge in [-0.25, -0.2) is 9.07 Å². The maximum Gasteiger partial charge on any atom is 0.274 e. The van der Waals surface area contributed by atoms with Crippen LogP contribution in [0, 0.1) is 17.7 Å². The van der Waals surface area contributed by atoms with Crippen LogP contribution in [0.2, 0.25) is 0 Å². The van der Waals surface area contributed by atoms with E-state index in [0.717, 1.165) is 55.7 Å². The molecule has 5 heteroatoms. The van der Waals surface area contributed by atoms with Gasteiger partial charge in [0.2, 0.25) is 0 Å². The Balaban J connectivity index is 1.72. The predicted octanol–water partition coefficient (Wildman–Crippen LogP) is 4.01. The van der Waals surface area contributed by atoms with Crippen molar-refractivity contribution in [1.29, 1.82) is 0 Å². The number of halogens is 1. The first kappa shape index (κ1) is 17.3. The lowest BCUT2D eigenvalue weighted by Gasteiger charge is -2.34. The summed E-state index contributed by atoms with van der Waals surface area (Å²) in [7, 11) is 0. The van der Waals surface area contributed by atoms with Gasteiger partial charge in [0.05, 0.1) is 5.69 Å². The van der Waals surface area contributed by atoms with Crippen LogP contribution in [0.15, 0.2) is 24.3 Å². The number of fused-ring (bicyclic) bond motifs is 1. The summed E-state index contributed by atoms with van der Waals surface area (Å²) in [5.41, 5.74) is 3.63. The normalized spacial score (nSPS) is 23.0. The van der Waals surface area contributed by atoms with Gasteiger partial charge in [-0.15, -0.1) is 0 Å². The molecule has 2 aliphatic rings. The van der Waals surface area contributed by atoms with Crippen molar-refractivity contribution in [2.75, 3.05) is 13.1 Å². The standard InChI is InChI=1S/C21H26FN3O/c1-14-11-15(2)13-24(12-14)21(26)20-18-5-3-4-6-19(18)25(23-20)17-9-7-16(22)8-10-17/h7-10,14-15H,3-6,11-13H2,1-2H3. The van der Waals surface area contributed by atoms with Gasteiger partial charge in [0.1, 0.15) is 5.82 Å². The van der Waals surface area contributed by atoms with E-state index in [1.807, 2.05) is 9.58 Å². The molecule has 0 radical (unpaired) electrons. The van der Waals surface area contributed by atoms with Crippen LogP contribution in [0.1, 0.15) is 54.9 Å². The fourth-order valence-electron chi connectivity index (χ4n) is 4.55. The van der Waals surface area contributed by atoms with E-state index in [2.05, 4.69) is 13.8 Å². The van der Waals surface area contributed by atoms with Crippen molar-refractivity contribution in [3.63, 3.8) is 0 Å². The number of carbonyl (C=O) groups excluding carboxylic acids is 1. The van der Waals surface area contributed by atoms with Gasteiger partial charge < -0.3 is 4.90 Å². The summed E-state index contributed by atoms with van der Waals surface area (Å²) in [6.45, 7) is 6.04. The molecule has 1 fully saturated rings. The lowest BCUT2D eigenvalue weighted by molar-refractivity contribution is 0.0615. The molecule has 1 aliphatic heterocycles. The van der Waals surface area contributed by atoms with E-state index in [0.29, 0.717) is 17.5 Å². The molecule has 4 rings (SSSR count). The second-order valence-electron chi connectivity index (χ2n) is 8.03. The van der Waals surface area contributed by atoms with Gasteiger partial charge in [-0.3, -0.25) is 4.79 Å². The first-order valence-corrected chi connectivity index (χ1v) is 9.69. The maximum absolute atomic E-state index is 13.3. The molecule has 1 aromatic heterocycles. The Morgan fingerprint density at radius 1 is 1.08 bits per heavy atom. The first-order valence-electron chi connectivity index (χ1n) is 9.69. The Hall–Kier alpha value is -2.17. The van der Waals surface area contributed by atoms with Crippen molar-refractivity contribution in [2.24, 2.45) is 11.8 Å². The molecule has 0 bridgehead atoms. The van der Waals surface area contributed by atoms with Crippen molar-refractivity contribution in [1.82, 2.24) is 14.7 Å². The van der Waals surface area contributed by atoms with Gasteiger partial charge in [0.15, 0.2) is 5.69 Å². The van der Waals surface area contributed by atoms with Crippen LogP contribution < -0.4 is 0 Å². The SMILES string of the molecule is CC1CC(C)CN(C(=O)c2nn(-c3ccc(F)cc3)c3c2CCCC3)C1. The first-order chi connectivity index (χ1) is 12.5. The van der Waals surface area contributed by atoms with Crippen molar-refractivity contribution in [3.8, 4) is 5.69 Å². The third kappa shape index (κ3) is 3.15. The lowest BCUT2D eigenvalue weighted by Crippen LogP contribution is -2.43. The molecule has 1 aromatic carbocycles. The number of piperidine rings is 1. The molecule has 138 valence electrons. The highest BCUT2D eigenvalue weighted by atomic mass is 19.1. The number of benzene rings is 1. The van der Waals surface area contributed by atoms with Crippen molar-refractivity contribution in [2.45, 2.75) is 46.0 Å². The summed E-state index contributed by atoms with van der Waals surface area (Å²) in [6.07, 6.45) is 5.18. The van der Waals surface area contributed by atoms with Crippen molar-refractivity contribution in [3.05, 3.63) is 47.0 Å². The van der Waals surface area contributed by atoms with Crippen molar-refractivity contribution >= 4 is 5.91 Å². The molecule has 1 saturated heterocycles. The predicted molar refractivity (Wildman–Crippen MR) is 99.0 cm³/mol. The molecule has 0 N–H and O–H groups in total. The number of nitrogens with zero attached hydrogens (tertiary/aromatic N) is 3. The topological polar surface area (TPSA) is 38.1 Å². The van der Waals surface area contributed by atoms with Crippen LogP contribution in [0.5, 0.6) is 0 Å². The van der Waals surface area contributed by atoms with Crippen LogP contribution in [0.25, 0.3) is 5.69 Å². The summed E-state index contributed by atoms with van der Waals surface area (Å²) >= 11 is 0. The lowest BCUT2D eigenvalue weighted by atomic mass is 9.91. The fourth-order valence-corrected chi connectivity index (χ4v) is 4.55. The van der Waals surface area contributed by atoms with E-state index < -0.39 is 0 Å². The summed E-state index contributed by atoms with van der Waals surface area (Å²) in [5, 5.41) is 4.72. The minimum atomic E-state index is -0.262. The number of carbonyl (C=O) groups is 1. The van der Waals surface area contributed by atoms with E-state index in [1.54, 1.807) is 12.1 Å². The molecule has 2 aromatic rings. The van der Waals surface area contributed by atoms with E-state index in [-0.39, 0.29) is 11.7 Å². The quantitative estimate of drug-likeness (QED) is 0.816. The van der Waals surface area contributed by atoms with Crippen LogP contribution in [0.3, 0.4) is 0 Å². The van der Waals surface area contributed by atoms with Gasteiger partial charge in [-0.1, -0.05) is 13.8 Å². The van der Waals surface area contributed by atoms with Gasteiger partial charge in [0, 0.05) is 24.3 Å². The van der Waals surface area contributed by atoms with Gasteiger partial charge in [-0.2, -0.15) is 5.10 Å². The van der Waals surface area contributed by atoms with Gasteiger partial charge >= 0.3 is 0 Å². The van der Waals surface area contributed by atoms with Crippen LogP contribution in [-0.2, 0) is 12.8 Å². The number of aromatic nitrogens is 2. The second-order valence-corrected chi connectivity index (χ2v) is 8.03. The molecule has 0 spiro atoms. The Bertz CT molecular complexity index is 801. The zero-order chi connectivity index (χ0) is 18.3. The number of rotatable bonds is 2. The Labute approximate surface area is 154 Å². The molecule has 4 nitrogen and oxygen atoms in total. The third-order valence-electron chi connectivity index (χ3n) is 5.61. The summed E-state index contributed by atoms with van der Waals surface area (Å²) < 4.78 is 15.2. The second kappa shape index (κ2) is 6.86.